The summed E-state index contributed by atoms with van der Waals surface area (Å²) >= 11 is 7.57. The van der Waals surface area contributed by atoms with Gasteiger partial charge in [-0.2, -0.15) is 0 Å². The van der Waals surface area contributed by atoms with Crippen LogP contribution in [0.4, 0.5) is 11.4 Å². The molecule has 144 valence electrons. The third-order valence-electron chi connectivity index (χ3n) is 4.70. The minimum Gasteiger partial charge on any atom is -0.319 e. The number of rotatable bonds is 6. The molecule has 1 fully saturated rings. The summed E-state index contributed by atoms with van der Waals surface area (Å²) in [5.41, 5.74) is 0.130. The molecule has 0 unspecified atom stereocenters. The number of thiophene rings is 1. The van der Waals surface area contributed by atoms with Crippen molar-refractivity contribution in [2.24, 2.45) is 0 Å². The number of nitrogens with one attached hydrogen (secondary N) is 1. The minimum atomic E-state index is -0.490. The SMILES string of the molecule is C[C@H](C(=O)Nc1ccccc1[N+](=O)[O-])N1CCN(Cc2ccc(Cl)s2)CC1. The van der Waals surface area contributed by atoms with Crippen molar-refractivity contribution in [1.29, 1.82) is 0 Å². The lowest BCUT2D eigenvalue weighted by atomic mass is 10.2. The number of nitrogens with zero attached hydrogens (tertiary/aromatic N) is 3. The molecule has 1 saturated heterocycles. The van der Waals surface area contributed by atoms with E-state index in [2.05, 4.69) is 15.1 Å². The number of hydrogen-bond acceptors (Lipinski definition) is 6. The number of halogens is 1. The second kappa shape index (κ2) is 8.79. The summed E-state index contributed by atoms with van der Waals surface area (Å²) in [6.45, 7) is 5.95. The zero-order chi connectivity index (χ0) is 19.4. The number of nitro groups is 1. The number of amides is 1. The summed E-state index contributed by atoms with van der Waals surface area (Å²) < 4.78 is 0.795. The number of hydrogen-bond donors (Lipinski definition) is 1. The van der Waals surface area contributed by atoms with Crippen LogP contribution in [0.25, 0.3) is 0 Å². The molecular weight excluding hydrogens is 388 g/mol. The van der Waals surface area contributed by atoms with Crippen molar-refractivity contribution in [2.45, 2.75) is 19.5 Å². The van der Waals surface area contributed by atoms with Crippen LogP contribution in [0.15, 0.2) is 36.4 Å². The van der Waals surface area contributed by atoms with Gasteiger partial charge in [-0.15, -0.1) is 11.3 Å². The number of benzene rings is 1. The third kappa shape index (κ3) is 5.04. The molecule has 1 aromatic carbocycles. The number of para-hydroxylation sites is 2. The Hall–Kier alpha value is -2.00. The van der Waals surface area contributed by atoms with E-state index in [0.717, 1.165) is 37.1 Å². The Morgan fingerprint density at radius 2 is 1.96 bits per heavy atom. The van der Waals surface area contributed by atoms with Gasteiger partial charge in [-0.05, 0) is 25.1 Å². The molecule has 3 rings (SSSR count). The van der Waals surface area contributed by atoms with Crippen molar-refractivity contribution in [3.8, 4) is 0 Å². The minimum absolute atomic E-state index is 0.0996. The molecule has 9 heteroatoms. The summed E-state index contributed by atoms with van der Waals surface area (Å²) in [4.78, 5) is 28.8. The lowest BCUT2D eigenvalue weighted by Crippen LogP contribution is -2.52. The van der Waals surface area contributed by atoms with Gasteiger partial charge in [-0.1, -0.05) is 23.7 Å². The van der Waals surface area contributed by atoms with Crippen molar-refractivity contribution in [3.05, 3.63) is 55.7 Å². The first-order chi connectivity index (χ1) is 12.9. The average molecular weight is 409 g/mol. The normalized spacial score (nSPS) is 16.8. The Morgan fingerprint density at radius 3 is 2.59 bits per heavy atom. The molecule has 27 heavy (non-hydrogen) atoms. The van der Waals surface area contributed by atoms with E-state index in [1.165, 1.54) is 10.9 Å². The highest BCUT2D eigenvalue weighted by Gasteiger charge is 2.27. The maximum atomic E-state index is 12.6. The van der Waals surface area contributed by atoms with Gasteiger partial charge in [0.05, 0.1) is 15.3 Å². The molecule has 1 atom stereocenters. The fourth-order valence-corrected chi connectivity index (χ4v) is 4.24. The van der Waals surface area contributed by atoms with Gasteiger partial charge >= 0.3 is 0 Å². The van der Waals surface area contributed by atoms with E-state index in [-0.39, 0.29) is 23.3 Å². The summed E-state index contributed by atoms with van der Waals surface area (Å²) in [7, 11) is 0. The van der Waals surface area contributed by atoms with E-state index in [9.17, 15) is 14.9 Å². The molecule has 1 aliphatic rings. The standard InChI is InChI=1S/C18H21ClN4O3S/c1-13(18(24)20-15-4-2-3-5-16(15)23(25)26)22-10-8-21(9-11-22)12-14-6-7-17(19)27-14/h2-7,13H,8-12H2,1H3,(H,20,24)/t13-/m1/s1. The quantitative estimate of drug-likeness (QED) is 0.585. The number of nitro benzene ring substituents is 1. The van der Waals surface area contributed by atoms with Crippen LogP contribution in [-0.4, -0.2) is 52.9 Å². The van der Waals surface area contributed by atoms with Gasteiger partial charge in [0.1, 0.15) is 5.69 Å². The third-order valence-corrected chi connectivity index (χ3v) is 5.92. The van der Waals surface area contributed by atoms with Crippen LogP contribution in [0.1, 0.15) is 11.8 Å². The van der Waals surface area contributed by atoms with E-state index in [0.29, 0.717) is 0 Å². The van der Waals surface area contributed by atoms with Crippen molar-refractivity contribution >= 4 is 40.2 Å². The first-order valence-corrected chi connectivity index (χ1v) is 9.88. The summed E-state index contributed by atoms with van der Waals surface area (Å²) in [6, 6.07) is 9.78. The van der Waals surface area contributed by atoms with Crippen molar-refractivity contribution in [3.63, 3.8) is 0 Å². The second-order valence-electron chi connectivity index (χ2n) is 6.46. The first kappa shape index (κ1) is 19.8. The highest BCUT2D eigenvalue weighted by atomic mass is 35.5. The predicted octanol–water partition coefficient (Wildman–Crippen LogP) is 3.45. The van der Waals surface area contributed by atoms with Crippen LogP contribution < -0.4 is 5.32 Å². The van der Waals surface area contributed by atoms with Crippen LogP contribution in [0.5, 0.6) is 0 Å². The molecule has 0 saturated carbocycles. The van der Waals surface area contributed by atoms with Crippen LogP contribution in [0, 0.1) is 10.1 Å². The Labute approximate surface area is 166 Å². The molecule has 0 radical (unpaired) electrons. The maximum absolute atomic E-state index is 12.6. The lowest BCUT2D eigenvalue weighted by Gasteiger charge is -2.37. The highest BCUT2D eigenvalue weighted by molar-refractivity contribution is 7.16. The molecular formula is C18H21ClN4O3S. The van der Waals surface area contributed by atoms with Crippen LogP contribution in [-0.2, 0) is 11.3 Å². The molecule has 0 aliphatic carbocycles. The van der Waals surface area contributed by atoms with Gasteiger partial charge in [0.15, 0.2) is 0 Å². The smallest absolute Gasteiger partial charge is 0.292 e. The first-order valence-electron chi connectivity index (χ1n) is 8.69. The molecule has 0 spiro atoms. The van der Waals surface area contributed by atoms with Gasteiger partial charge in [-0.3, -0.25) is 24.7 Å². The van der Waals surface area contributed by atoms with Gasteiger partial charge in [0.25, 0.3) is 5.69 Å². The predicted molar refractivity (Wildman–Crippen MR) is 107 cm³/mol. The van der Waals surface area contributed by atoms with E-state index in [1.54, 1.807) is 29.5 Å². The van der Waals surface area contributed by atoms with Crippen LogP contribution in [0.3, 0.4) is 0 Å². The van der Waals surface area contributed by atoms with Crippen molar-refractivity contribution < 1.29 is 9.72 Å². The van der Waals surface area contributed by atoms with Crippen LogP contribution >= 0.6 is 22.9 Å². The van der Waals surface area contributed by atoms with Gasteiger partial charge in [-0.25, -0.2) is 0 Å². The second-order valence-corrected chi connectivity index (χ2v) is 8.26. The highest BCUT2D eigenvalue weighted by Crippen LogP contribution is 2.25. The number of carbonyl (C=O) groups excluding carboxylic acids is 1. The van der Waals surface area contributed by atoms with Crippen LogP contribution in [0.2, 0.25) is 4.34 Å². The zero-order valence-electron chi connectivity index (χ0n) is 14.9. The fourth-order valence-electron chi connectivity index (χ4n) is 3.11. The van der Waals surface area contributed by atoms with E-state index < -0.39 is 4.92 Å². The molecule has 1 aliphatic heterocycles. The zero-order valence-corrected chi connectivity index (χ0v) is 16.5. The molecule has 1 aromatic heterocycles. The summed E-state index contributed by atoms with van der Waals surface area (Å²) in [6.07, 6.45) is 0. The van der Waals surface area contributed by atoms with Gasteiger partial charge in [0, 0.05) is 43.7 Å². The fraction of sp³-hybridized carbons (Fsp3) is 0.389. The van der Waals surface area contributed by atoms with Crippen molar-refractivity contribution in [2.75, 3.05) is 31.5 Å². The van der Waals surface area contributed by atoms with Gasteiger partial charge < -0.3 is 5.32 Å². The Kier molecular flexibility index (Phi) is 6.43. The molecule has 1 amide bonds. The largest absolute Gasteiger partial charge is 0.319 e. The molecule has 2 aromatic rings. The van der Waals surface area contributed by atoms with Crippen molar-refractivity contribution in [1.82, 2.24) is 9.80 Å². The number of carbonyl (C=O) groups is 1. The van der Waals surface area contributed by atoms with E-state index >= 15 is 0 Å². The van der Waals surface area contributed by atoms with E-state index in [1.807, 2.05) is 19.1 Å². The lowest BCUT2D eigenvalue weighted by molar-refractivity contribution is -0.383. The molecule has 0 bridgehead atoms. The topological polar surface area (TPSA) is 78.7 Å². The average Bonchev–Trinajstić information content (AvgIpc) is 3.06. The Morgan fingerprint density at radius 1 is 1.26 bits per heavy atom. The summed E-state index contributed by atoms with van der Waals surface area (Å²) in [5.74, 6) is -0.234. The monoisotopic (exact) mass is 408 g/mol. The molecule has 7 nitrogen and oxygen atoms in total. The van der Waals surface area contributed by atoms with Gasteiger partial charge in [0.2, 0.25) is 5.91 Å². The molecule has 2 heterocycles. The number of piperazine rings is 1. The number of anilines is 1. The maximum Gasteiger partial charge on any atom is 0.292 e. The summed E-state index contributed by atoms with van der Waals surface area (Å²) in [5, 5.41) is 13.8. The Bertz CT molecular complexity index is 820. The van der Waals surface area contributed by atoms with E-state index in [4.69, 9.17) is 11.6 Å². The Balaban J connectivity index is 1.53. The molecule has 1 N–H and O–H groups in total.